The molecule has 0 aromatic heterocycles. The Kier molecular flexibility index (Phi) is 9.41. The van der Waals surface area contributed by atoms with Crippen molar-refractivity contribution >= 4 is 34.8 Å². The summed E-state index contributed by atoms with van der Waals surface area (Å²) in [5.41, 5.74) is 6.20. The van der Waals surface area contributed by atoms with Crippen molar-refractivity contribution < 1.29 is 9.53 Å². The van der Waals surface area contributed by atoms with Gasteiger partial charge in [0.1, 0.15) is 5.94 Å². The molecule has 0 bridgehead atoms. The zero-order valence-electron chi connectivity index (χ0n) is 16.9. The van der Waals surface area contributed by atoms with E-state index in [2.05, 4.69) is 56.4 Å². The third kappa shape index (κ3) is 8.04. The third-order valence-electron chi connectivity index (χ3n) is 3.43. The standard InChI is InChI=1S/C20H31N3O2S/c1-13(2)11-21-23-20(26-12-25-19(24)15(5)6)22-18-10-16(7)8-9-17(18)14(3)4/h8-11,13-15H,12H2,1-7H3,(H,22,23)/b21-11+. The quantitative estimate of drug-likeness (QED) is 0.232. The average molecular weight is 378 g/mol. The molecule has 0 saturated carbocycles. The number of carbonyl (C=O) groups is 1. The molecular weight excluding hydrogens is 346 g/mol. The largest absolute Gasteiger partial charge is 0.454 e. The first-order chi connectivity index (χ1) is 12.2. The van der Waals surface area contributed by atoms with Gasteiger partial charge in [0.15, 0.2) is 5.17 Å². The van der Waals surface area contributed by atoms with Crippen LogP contribution in [0.4, 0.5) is 5.69 Å². The Bertz CT molecular complexity index is 652. The molecule has 0 heterocycles. The zero-order valence-corrected chi connectivity index (χ0v) is 17.7. The van der Waals surface area contributed by atoms with Crippen molar-refractivity contribution in [1.82, 2.24) is 5.43 Å². The van der Waals surface area contributed by atoms with E-state index in [-0.39, 0.29) is 17.8 Å². The van der Waals surface area contributed by atoms with E-state index in [9.17, 15) is 4.79 Å². The van der Waals surface area contributed by atoms with Crippen molar-refractivity contribution in [2.45, 2.75) is 54.4 Å². The van der Waals surface area contributed by atoms with E-state index >= 15 is 0 Å². The number of rotatable bonds is 7. The van der Waals surface area contributed by atoms with Gasteiger partial charge in [0.25, 0.3) is 0 Å². The van der Waals surface area contributed by atoms with Gasteiger partial charge in [-0.3, -0.25) is 10.2 Å². The lowest BCUT2D eigenvalue weighted by Crippen LogP contribution is -2.18. The van der Waals surface area contributed by atoms with Crippen LogP contribution in [0.5, 0.6) is 0 Å². The van der Waals surface area contributed by atoms with Crippen LogP contribution in [0.1, 0.15) is 58.6 Å². The number of nitrogens with zero attached hydrogens (tertiary/aromatic N) is 2. The Balaban J connectivity index is 3.01. The molecule has 0 aliphatic rings. The van der Waals surface area contributed by atoms with Crippen molar-refractivity contribution in [2.75, 3.05) is 5.94 Å². The van der Waals surface area contributed by atoms with Crippen molar-refractivity contribution in [3.63, 3.8) is 0 Å². The van der Waals surface area contributed by atoms with Gasteiger partial charge < -0.3 is 4.74 Å². The van der Waals surface area contributed by atoms with Crippen LogP contribution in [0.3, 0.4) is 0 Å². The Labute approximate surface area is 161 Å². The molecule has 0 fully saturated rings. The summed E-state index contributed by atoms with van der Waals surface area (Å²) in [5, 5.41) is 4.83. The van der Waals surface area contributed by atoms with E-state index < -0.39 is 0 Å². The summed E-state index contributed by atoms with van der Waals surface area (Å²) in [6, 6.07) is 6.26. The number of ether oxygens (including phenoxy) is 1. The second kappa shape index (κ2) is 11.0. The molecule has 6 heteroatoms. The SMILES string of the molecule is Cc1ccc(C(C)C)c(N=C(N/N=C/C(C)C)SCOC(=O)C(C)C)c1. The predicted octanol–water partition coefficient (Wildman–Crippen LogP) is 5.23. The van der Waals surface area contributed by atoms with Crippen LogP contribution in [-0.2, 0) is 9.53 Å². The number of hydrogen-bond donors (Lipinski definition) is 1. The van der Waals surface area contributed by atoms with Crippen molar-refractivity contribution in [3.05, 3.63) is 29.3 Å². The summed E-state index contributed by atoms with van der Waals surface area (Å²) in [7, 11) is 0. The van der Waals surface area contributed by atoms with Crippen molar-refractivity contribution in [3.8, 4) is 0 Å². The maximum Gasteiger partial charge on any atom is 0.309 e. The van der Waals surface area contributed by atoms with Gasteiger partial charge in [0.05, 0.1) is 11.6 Å². The summed E-state index contributed by atoms with van der Waals surface area (Å²) in [5.74, 6) is 0.521. The summed E-state index contributed by atoms with van der Waals surface area (Å²) >= 11 is 1.32. The van der Waals surface area contributed by atoms with Crippen LogP contribution in [0.15, 0.2) is 28.3 Å². The predicted molar refractivity (Wildman–Crippen MR) is 112 cm³/mol. The Morgan fingerprint density at radius 2 is 1.92 bits per heavy atom. The first-order valence-corrected chi connectivity index (χ1v) is 9.97. The fourth-order valence-corrected chi connectivity index (χ4v) is 2.56. The highest BCUT2D eigenvalue weighted by Gasteiger charge is 2.11. The molecule has 1 aromatic carbocycles. The highest BCUT2D eigenvalue weighted by atomic mass is 32.2. The van der Waals surface area contributed by atoms with Gasteiger partial charge in [-0.05, 0) is 47.7 Å². The molecule has 5 nitrogen and oxygen atoms in total. The Morgan fingerprint density at radius 3 is 2.50 bits per heavy atom. The van der Waals surface area contributed by atoms with Crippen molar-refractivity contribution in [2.24, 2.45) is 21.9 Å². The average Bonchev–Trinajstić information content (AvgIpc) is 2.53. The minimum absolute atomic E-state index is 0.146. The number of thioether (sulfide) groups is 1. The van der Waals surface area contributed by atoms with Crippen LogP contribution in [0.25, 0.3) is 0 Å². The first kappa shape index (κ1) is 22.2. The Hall–Kier alpha value is -1.82. The molecule has 1 N–H and O–H groups in total. The summed E-state index contributed by atoms with van der Waals surface area (Å²) in [6.07, 6.45) is 1.82. The van der Waals surface area contributed by atoms with Crippen LogP contribution in [-0.4, -0.2) is 23.3 Å². The molecule has 0 amide bonds. The lowest BCUT2D eigenvalue weighted by atomic mass is 10.00. The molecule has 1 rings (SSSR count). The topological polar surface area (TPSA) is 63.1 Å². The number of hydrogen-bond acceptors (Lipinski definition) is 5. The van der Waals surface area contributed by atoms with Crippen LogP contribution in [0, 0.1) is 18.8 Å². The van der Waals surface area contributed by atoms with E-state index in [1.807, 2.05) is 27.0 Å². The van der Waals surface area contributed by atoms with Gasteiger partial charge in [-0.25, -0.2) is 4.99 Å². The molecule has 0 unspecified atom stereocenters. The van der Waals surface area contributed by atoms with Crippen molar-refractivity contribution in [1.29, 1.82) is 0 Å². The fourth-order valence-electron chi connectivity index (χ4n) is 1.99. The van der Waals surface area contributed by atoms with E-state index in [4.69, 9.17) is 9.73 Å². The monoisotopic (exact) mass is 377 g/mol. The third-order valence-corrected chi connectivity index (χ3v) is 4.12. The first-order valence-electron chi connectivity index (χ1n) is 8.98. The molecule has 0 saturated heterocycles. The van der Waals surface area contributed by atoms with Gasteiger partial charge in [-0.15, -0.1) is 0 Å². The smallest absolute Gasteiger partial charge is 0.309 e. The van der Waals surface area contributed by atoms with Crippen LogP contribution < -0.4 is 5.43 Å². The highest BCUT2D eigenvalue weighted by molar-refractivity contribution is 8.13. The molecule has 144 valence electrons. The normalized spacial score (nSPS) is 12.5. The number of esters is 1. The number of hydrazone groups is 1. The fraction of sp³-hybridized carbons (Fsp3) is 0.550. The number of nitrogens with one attached hydrogen (secondary N) is 1. The molecule has 0 aliphatic carbocycles. The highest BCUT2D eigenvalue weighted by Crippen LogP contribution is 2.28. The van der Waals surface area contributed by atoms with E-state index in [1.165, 1.54) is 17.3 Å². The van der Waals surface area contributed by atoms with Gasteiger partial charge in [0.2, 0.25) is 0 Å². The molecule has 1 aromatic rings. The van der Waals surface area contributed by atoms with Gasteiger partial charge >= 0.3 is 5.97 Å². The van der Waals surface area contributed by atoms with E-state index in [0.29, 0.717) is 17.0 Å². The molecule has 26 heavy (non-hydrogen) atoms. The Morgan fingerprint density at radius 1 is 1.23 bits per heavy atom. The van der Waals surface area contributed by atoms with Crippen LogP contribution in [0.2, 0.25) is 0 Å². The molecule has 0 radical (unpaired) electrons. The van der Waals surface area contributed by atoms with E-state index in [1.54, 1.807) is 0 Å². The molecule has 0 atom stereocenters. The maximum atomic E-state index is 11.6. The summed E-state index contributed by atoms with van der Waals surface area (Å²) in [4.78, 5) is 16.4. The number of aliphatic imine (C=N–C) groups is 1. The second-order valence-corrected chi connectivity index (χ2v) is 8.06. The molecule has 0 spiro atoms. The minimum atomic E-state index is -0.221. The maximum absolute atomic E-state index is 11.6. The van der Waals surface area contributed by atoms with Crippen LogP contribution >= 0.6 is 11.8 Å². The van der Waals surface area contributed by atoms with E-state index in [0.717, 1.165) is 11.3 Å². The molecular formula is C20H31N3O2S. The molecule has 0 aliphatic heterocycles. The second-order valence-electron chi connectivity index (χ2n) is 7.15. The van der Waals surface area contributed by atoms with Gasteiger partial charge in [-0.2, -0.15) is 5.10 Å². The number of carbonyl (C=O) groups excluding carboxylic acids is 1. The number of benzene rings is 1. The summed E-state index contributed by atoms with van der Waals surface area (Å²) < 4.78 is 5.25. The number of aryl methyl sites for hydroxylation is 1. The number of amidine groups is 1. The minimum Gasteiger partial charge on any atom is -0.454 e. The van der Waals surface area contributed by atoms with Gasteiger partial charge in [-0.1, -0.05) is 53.7 Å². The summed E-state index contributed by atoms with van der Waals surface area (Å²) in [6.45, 7) is 14.1. The zero-order chi connectivity index (χ0) is 19.7. The lowest BCUT2D eigenvalue weighted by Gasteiger charge is -2.13. The van der Waals surface area contributed by atoms with Gasteiger partial charge in [0, 0.05) is 6.21 Å². The lowest BCUT2D eigenvalue weighted by molar-refractivity contribution is -0.144.